The van der Waals surface area contributed by atoms with Gasteiger partial charge in [0.05, 0.1) is 19.5 Å². The van der Waals surface area contributed by atoms with Crippen molar-refractivity contribution in [2.45, 2.75) is 19.3 Å². The molecule has 0 aromatic heterocycles. The fourth-order valence-corrected chi connectivity index (χ4v) is 1.92. The molecule has 0 aliphatic carbocycles. The van der Waals surface area contributed by atoms with Crippen LogP contribution in [-0.4, -0.2) is 70.6 Å². The SMILES string of the molecule is O=C(O)CCN(CC(=O)O)CC(=O)N1CCCC1. The number of likely N-dealkylation sites (tertiary alicyclic amines) is 1. The Morgan fingerprint density at radius 3 is 2.11 bits per heavy atom. The molecule has 1 saturated heterocycles. The standard InChI is InChI=1S/C11H18N2O5/c14-9(13-4-1-2-5-13)7-12(8-11(17)18)6-3-10(15)16/h1-8H2,(H,15,16)(H,17,18). The molecule has 0 saturated carbocycles. The van der Waals surface area contributed by atoms with E-state index < -0.39 is 11.9 Å². The zero-order valence-electron chi connectivity index (χ0n) is 10.2. The summed E-state index contributed by atoms with van der Waals surface area (Å²) in [5.74, 6) is -2.19. The Morgan fingerprint density at radius 1 is 1.00 bits per heavy atom. The van der Waals surface area contributed by atoms with Gasteiger partial charge in [-0.25, -0.2) is 0 Å². The lowest BCUT2D eigenvalue weighted by Gasteiger charge is -2.22. The fraction of sp³-hybridized carbons (Fsp3) is 0.727. The second-order valence-corrected chi connectivity index (χ2v) is 4.34. The van der Waals surface area contributed by atoms with Crippen molar-refractivity contribution in [3.8, 4) is 0 Å². The highest BCUT2D eigenvalue weighted by Crippen LogP contribution is 2.08. The smallest absolute Gasteiger partial charge is 0.317 e. The number of carbonyl (C=O) groups excluding carboxylic acids is 1. The lowest BCUT2D eigenvalue weighted by Crippen LogP contribution is -2.41. The van der Waals surface area contributed by atoms with Crippen LogP contribution in [0.3, 0.4) is 0 Å². The van der Waals surface area contributed by atoms with Gasteiger partial charge in [-0.3, -0.25) is 19.3 Å². The molecule has 1 rings (SSSR count). The number of carboxylic acid groups (broad SMARTS) is 2. The molecular weight excluding hydrogens is 240 g/mol. The third kappa shape index (κ3) is 5.13. The molecule has 102 valence electrons. The number of aliphatic carboxylic acids is 2. The zero-order chi connectivity index (χ0) is 13.5. The maximum Gasteiger partial charge on any atom is 0.317 e. The summed E-state index contributed by atoms with van der Waals surface area (Å²) in [5.41, 5.74) is 0. The van der Waals surface area contributed by atoms with Gasteiger partial charge in [0.2, 0.25) is 5.91 Å². The van der Waals surface area contributed by atoms with Gasteiger partial charge in [0.25, 0.3) is 0 Å². The summed E-state index contributed by atoms with van der Waals surface area (Å²) in [5, 5.41) is 17.3. The van der Waals surface area contributed by atoms with Crippen LogP contribution in [0.15, 0.2) is 0 Å². The second kappa shape index (κ2) is 6.95. The average molecular weight is 258 g/mol. The Morgan fingerprint density at radius 2 is 1.61 bits per heavy atom. The Labute approximate surface area is 105 Å². The minimum Gasteiger partial charge on any atom is -0.481 e. The summed E-state index contributed by atoms with van der Waals surface area (Å²) in [4.78, 5) is 36.0. The van der Waals surface area contributed by atoms with Crippen molar-refractivity contribution in [1.29, 1.82) is 0 Å². The molecule has 0 radical (unpaired) electrons. The van der Waals surface area contributed by atoms with E-state index in [1.807, 2.05) is 0 Å². The Kier molecular flexibility index (Phi) is 5.57. The molecule has 1 heterocycles. The zero-order valence-corrected chi connectivity index (χ0v) is 10.2. The van der Waals surface area contributed by atoms with Crippen LogP contribution in [-0.2, 0) is 14.4 Å². The van der Waals surface area contributed by atoms with Crippen molar-refractivity contribution >= 4 is 17.8 Å². The molecule has 2 N–H and O–H groups in total. The molecule has 0 atom stereocenters. The van der Waals surface area contributed by atoms with Crippen LogP contribution >= 0.6 is 0 Å². The molecule has 18 heavy (non-hydrogen) atoms. The number of carboxylic acids is 2. The van der Waals surface area contributed by atoms with E-state index in [2.05, 4.69) is 0 Å². The van der Waals surface area contributed by atoms with E-state index in [9.17, 15) is 14.4 Å². The van der Waals surface area contributed by atoms with Crippen molar-refractivity contribution in [2.24, 2.45) is 0 Å². The summed E-state index contributed by atoms with van der Waals surface area (Å²) in [6, 6.07) is 0. The van der Waals surface area contributed by atoms with E-state index >= 15 is 0 Å². The third-order valence-electron chi connectivity index (χ3n) is 2.82. The summed E-state index contributed by atoms with van der Waals surface area (Å²) in [6.07, 6.45) is 1.78. The topological polar surface area (TPSA) is 98.1 Å². The molecule has 0 bridgehead atoms. The van der Waals surface area contributed by atoms with Crippen LogP contribution in [0.4, 0.5) is 0 Å². The molecule has 7 nitrogen and oxygen atoms in total. The van der Waals surface area contributed by atoms with Crippen LogP contribution in [0.1, 0.15) is 19.3 Å². The second-order valence-electron chi connectivity index (χ2n) is 4.34. The van der Waals surface area contributed by atoms with Crippen LogP contribution < -0.4 is 0 Å². The van der Waals surface area contributed by atoms with Gasteiger partial charge in [-0.1, -0.05) is 0 Å². The van der Waals surface area contributed by atoms with E-state index in [1.165, 1.54) is 4.90 Å². The van der Waals surface area contributed by atoms with E-state index in [-0.39, 0.29) is 32.0 Å². The average Bonchev–Trinajstić information content (AvgIpc) is 2.78. The van der Waals surface area contributed by atoms with E-state index in [0.29, 0.717) is 13.1 Å². The fourth-order valence-electron chi connectivity index (χ4n) is 1.92. The number of hydrogen-bond donors (Lipinski definition) is 2. The predicted molar refractivity (Wildman–Crippen MR) is 62.1 cm³/mol. The van der Waals surface area contributed by atoms with E-state index in [0.717, 1.165) is 12.8 Å². The lowest BCUT2D eigenvalue weighted by atomic mass is 10.3. The number of amides is 1. The predicted octanol–water partition coefficient (Wildman–Crippen LogP) is -0.530. The van der Waals surface area contributed by atoms with Crippen molar-refractivity contribution in [1.82, 2.24) is 9.80 Å². The van der Waals surface area contributed by atoms with Crippen molar-refractivity contribution in [3.63, 3.8) is 0 Å². The number of nitrogens with zero attached hydrogens (tertiary/aromatic N) is 2. The molecule has 7 heteroatoms. The molecule has 0 aromatic rings. The van der Waals surface area contributed by atoms with E-state index in [1.54, 1.807) is 4.90 Å². The number of hydrogen-bond acceptors (Lipinski definition) is 4. The highest BCUT2D eigenvalue weighted by atomic mass is 16.4. The highest BCUT2D eigenvalue weighted by Gasteiger charge is 2.21. The normalized spacial score (nSPS) is 15.1. The summed E-state index contributed by atoms with van der Waals surface area (Å²) >= 11 is 0. The van der Waals surface area contributed by atoms with Gasteiger partial charge >= 0.3 is 11.9 Å². The summed E-state index contributed by atoms with van der Waals surface area (Å²) in [6.45, 7) is 1.14. The van der Waals surface area contributed by atoms with Crippen LogP contribution in [0.5, 0.6) is 0 Å². The molecule has 0 unspecified atom stereocenters. The van der Waals surface area contributed by atoms with E-state index in [4.69, 9.17) is 10.2 Å². The minimum absolute atomic E-state index is 0.0282. The summed E-state index contributed by atoms with van der Waals surface area (Å²) < 4.78 is 0. The maximum atomic E-state index is 11.8. The third-order valence-corrected chi connectivity index (χ3v) is 2.82. The first kappa shape index (κ1) is 14.4. The first-order chi connectivity index (χ1) is 8.49. The Balaban J connectivity index is 2.45. The number of rotatable bonds is 7. The van der Waals surface area contributed by atoms with Gasteiger partial charge < -0.3 is 15.1 Å². The molecule has 1 fully saturated rings. The molecular formula is C11H18N2O5. The minimum atomic E-state index is -1.06. The van der Waals surface area contributed by atoms with Crippen molar-refractivity contribution in [2.75, 3.05) is 32.7 Å². The molecule has 0 aromatic carbocycles. The molecule has 1 amide bonds. The van der Waals surface area contributed by atoms with Gasteiger partial charge in [-0.2, -0.15) is 0 Å². The lowest BCUT2D eigenvalue weighted by molar-refractivity contribution is -0.142. The Hall–Kier alpha value is -1.63. The molecule has 1 aliphatic rings. The van der Waals surface area contributed by atoms with Gasteiger partial charge in [-0.15, -0.1) is 0 Å². The Bertz CT molecular complexity index is 325. The van der Waals surface area contributed by atoms with Crippen LogP contribution in [0, 0.1) is 0 Å². The van der Waals surface area contributed by atoms with Gasteiger partial charge in [0.15, 0.2) is 0 Å². The largest absolute Gasteiger partial charge is 0.481 e. The first-order valence-corrected chi connectivity index (χ1v) is 5.92. The number of carbonyl (C=O) groups is 3. The first-order valence-electron chi connectivity index (χ1n) is 5.92. The molecule has 1 aliphatic heterocycles. The van der Waals surface area contributed by atoms with Gasteiger partial charge in [-0.05, 0) is 12.8 Å². The molecule has 0 spiro atoms. The van der Waals surface area contributed by atoms with Crippen molar-refractivity contribution in [3.05, 3.63) is 0 Å². The van der Waals surface area contributed by atoms with Crippen molar-refractivity contribution < 1.29 is 24.6 Å². The van der Waals surface area contributed by atoms with Gasteiger partial charge in [0, 0.05) is 19.6 Å². The quantitative estimate of drug-likeness (QED) is 0.637. The van der Waals surface area contributed by atoms with Crippen LogP contribution in [0.25, 0.3) is 0 Å². The summed E-state index contributed by atoms with van der Waals surface area (Å²) in [7, 11) is 0. The van der Waals surface area contributed by atoms with Gasteiger partial charge in [0.1, 0.15) is 0 Å². The monoisotopic (exact) mass is 258 g/mol. The highest BCUT2D eigenvalue weighted by molar-refractivity contribution is 5.79. The maximum absolute atomic E-state index is 11.8. The van der Waals surface area contributed by atoms with Crippen LogP contribution in [0.2, 0.25) is 0 Å².